The molecule has 1 saturated heterocycles. The molecule has 10 nitrogen and oxygen atoms in total. The second-order valence-electron chi connectivity index (χ2n) is 10.2. The zero-order valence-electron chi connectivity index (χ0n) is 22.2. The first-order chi connectivity index (χ1) is 18.2. The van der Waals surface area contributed by atoms with Crippen LogP contribution in [0.25, 0.3) is 10.9 Å². The molecule has 4 heterocycles. The van der Waals surface area contributed by atoms with Crippen molar-refractivity contribution in [3.63, 3.8) is 0 Å². The third-order valence-electron chi connectivity index (χ3n) is 7.19. The highest BCUT2D eigenvalue weighted by atomic mass is 32.1. The van der Waals surface area contributed by atoms with Crippen LogP contribution in [0.1, 0.15) is 57.2 Å². The lowest BCUT2D eigenvalue weighted by atomic mass is 10.1. The summed E-state index contributed by atoms with van der Waals surface area (Å²) < 4.78 is 5.18. The largest absolute Gasteiger partial charge is 0.450 e. The van der Waals surface area contributed by atoms with Gasteiger partial charge in [0.25, 0.3) is 11.8 Å². The Kier molecular flexibility index (Phi) is 7.40. The van der Waals surface area contributed by atoms with Crippen molar-refractivity contribution in [2.75, 3.05) is 26.2 Å². The van der Waals surface area contributed by atoms with Gasteiger partial charge in [-0.1, -0.05) is 11.6 Å². The molecule has 2 aromatic heterocycles. The number of benzene rings is 1. The number of likely N-dealkylation sites (tertiary alicyclic amines) is 1. The number of carbonyl (C=O) groups is 3. The van der Waals surface area contributed by atoms with Gasteiger partial charge in [0, 0.05) is 54.4 Å². The number of aromatic nitrogens is 2. The molecule has 2 atom stereocenters. The Hall–Kier alpha value is -3.44. The van der Waals surface area contributed by atoms with E-state index >= 15 is 0 Å². The lowest BCUT2D eigenvalue weighted by molar-refractivity contribution is 0.0894. The summed E-state index contributed by atoms with van der Waals surface area (Å²) in [6.45, 7) is 10.5. The molecule has 38 heavy (non-hydrogen) atoms. The van der Waals surface area contributed by atoms with Crippen LogP contribution in [0.4, 0.5) is 4.79 Å². The molecule has 0 bridgehead atoms. The number of nitrogens with zero attached hydrogens (tertiary/aromatic N) is 3. The molecule has 0 unspecified atom stereocenters. The van der Waals surface area contributed by atoms with Crippen molar-refractivity contribution < 1.29 is 19.1 Å². The second-order valence-corrected chi connectivity index (χ2v) is 11.3. The quantitative estimate of drug-likeness (QED) is 0.444. The van der Waals surface area contributed by atoms with Gasteiger partial charge >= 0.3 is 6.09 Å². The summed E-state index contributed by atoms with van der Waals surface area (Å²) in [5.41, 5.74) is 3.38. The van der Waals surface area contributed by atoms with Gasteiger partial charge in [-0.05, 0) is 45.9 Å². The van der Waals surface area contributed by atoms with E-state index in [0.717, 1.165) is 46.5 Å². The molecule has 1 aromatic carbocycles. The predicted octanol–water partition coefficient (Wildman–Crippen LogP) is 3.07. The molecule has 202 valence electrons. The minimum Gasteiger partial charge on any atom is -0.450 e. The van der Waals surface area contributed by atoms with E-state index in [-0.39, 0.29) is 31.5 Å². The number of H-pyrrole nitrogens is 1. The van der Waals surface area contributed by atoms with Gasteiger partial charge in [0.05, 0.1) is 24.4 Å². The van der Waals surface area contributed by atoms with Crippen molar-refractivity contribution in [3.05, 3.63) is 51.1 Å². The number of carbonyl (C=O) groups excluding carboxylic acids is 3. The molecule has 2 aliphatic heterocycles. The van der Waals surface area contributed by atoms with Crippen molar-refractivity contribution in [1.29, 1.82) is 0 Å². The van der Waals surface area contributed by atoms with Gasteiger partial charge < -0.3 is 25.3 Å². The molecule has 1 fully saturated rings. The summed E-state index contributed by atoms with van der Waals surface area (Å²) in [5, 5.41) is 7.40. The number of ether oxygens (including phenoxy) is 1. The molecule has 11 heteroatoms. The van der Waals surface area contributed by atoms with Gasteiger partial charge in [0.2, 0.25) is 0 Å². The molecule has 0 saturated carbocycles. The maximum Gasteiger partial charge on any atom is 0.409 e. The number of aryl methyl sites for hydroxylation is 1. The molecule has 2 aliphatic rings. The molecule has 3 amide bonds. The van der Waals surface area contributed by atoms with E-state index in [1.807, 2.05) is 31.2 Å². The average molecular weight is 539 g/mol. The third-order valence-corrected chi connectivity index (χ3v) is 8.27. The number of hydrogen-bond acceptors (Lipinski definition) is 7. The topological polar surface area (TPSA) is 120 Å². The molecule has 0 radical (unpaired) electrons. The Morgan fingerprint density at radius 2 is 1.89 bits per heavy atom. The van der Waals surface area contributed by atoms with Crippen LogP contribution in [0.5, 0.6) is 0 Å². The van der Waals surface area contributed by atoms with Gasteiger partial charge in [0.15, 0.2) is 5.01 Å². The first-order valence-electron chi connectivity index (χ1n) is 13.1. The van der Waals surface area contributed by atoms with Crippen LogP contribution in [-0.2, 0) is 17.7 Å². The minimum atomic E-state index is -0.491. The number of aromatic amines is 1. The summed E-state index contributed by atoms with van der Waals surface area (Å²) >= 11 is 1.42. The third kappa shape index (κ3) is 5.39. The van der Waals surface area contributed by atoms with Crippen LogP contribution in [0.3, 0.4) is 0 Å². The summed E-state index contributed by atoms with van der Waals surface area (Å²) in [6.07, 6.45) is 0.350. The van der Waals surface area contributed by atoms with Crippen molar-refractivity contribution in [2.45, 2.75) is 58.8 Å². The zero-order chi connectivity index (χ0) is 27.0. The van der Waals surface area contributed by atoms with Crippen LogP contribution < -0.4 is 10.6 Å². The van der Waals surface area contributed by atoms with Gasteiger partial charge in [-0.3, -0.25) is 14.5 Å². The Bertz CT molecular complexity index is 1360. The van der Waals surface area contributed by atoms with Gasteiger partial charge in [-0.2, -0.15) is 0 Å². The lowest BCUT2D eigenvalue weighted by Crippen LogP contribution is -2.51. The molecule has 0 spiro atoms. The normalized spacial score (nSPS) is 19.6. The number of hydrogen-bond donors (Lipinski definition) is 3. The zero-order valence-corrected chi connectivity index (χ0v) is 23.0. The summed E-state index contributed by atoms with van der Waals surface area (Å²) in [6, 6.07) is 7.20. The van der Waals surface area contributed by atoms with E-state index in [0.29, 0.717) is 16.7 Å². The number of thiazole rings is 1. The fraction of sp³-hybridized carbons (Fsp3) is 0.481. The highest BCUT2D eigenvalue weighted by Gasteiger charge is 2.39. The van der Waals surface area contributed by atoms with E-state index in [2.05, 4.69) is 39.3 Å². The monoisotopic (exact) mass is 538 g/mol. The van der Waals surface area contributed by atoms with E-state index in [1.165, 1.54) is 16.2 Å². The molecule has 0 aliphatic carbocycles. The highest BCUT2D eigenvalue weighted by Crippen LogP contribution is 2.27. The van der Waals surface area contributed by atoms with Gasteiger partial charge in [0.1, 0.15) is 5.69 Å². The molecular formula is C27H34N6O4S. The fourth-order valence-electron chi connectivity index (χ4n) is 5.06. The molecule has 3 N–H and O–H groups in total. The number of nitrogens with one attached hydrogen (secondary N) is 3. The molecule has 3 aromatic rings. The summed E-state index contributed by atoms with van der Waals surface area (Å²) in [7, 11) is 0. The molecular weight excluding hydrogens is 504 g/mol. The average Bonchev–Trinajstić information content (AvgIpc) is 3.60. The van der Waals surface area contributed by atoms with Crippen LogP contribution in [0, 0.1) is 6.92 Å². The number of fused-ring (bicyclic) bond motifs is 2. The van der Waals surface area contributed by atoms with Gasteiger partial charge in [-0.15, -0.1) is 11.3 Å². The SMILES string of the molecule is CCOC(=O)N1C[C@@H](NC(=O)c2cc3cc(C)ccc3[nH]2)[C@H](NC(=O)c2nc3c(s2)CN(C(C)C)CC3)C1. The Morgan fingerprint density at radius 1 is 1.16 bits per heavy atom. The van der Waals surface area contributed by atoms with E-state index in [1.54, 1.807) is 6.92 Å². The van der Waals surface area contributed by atoms with Crippen molar-refractivity contribution in [1.82, 2.24) is 30.4 Å². The van der Waals surface area contributed by atoms with Crippen LogP contribution in [-0.4, -0.2) is 82.0 Å². The number of rotatable bonds is 6. The Morgan fingerprint density at radius 3 is 2.61 bits per heavy atom. The summed E-state index contributed by atoms with van der Waals surface area (Å²) in [4.78, 5) is 51.7. The highest BCUT2D eigenvalue weighted by molar-refractivity contribution is 7.13. The van der Waals surface area contributed by atoms with Crippen molar-refractivity contribution in [2.24, 2.45) is 0 Å². The van der Waals surface area contributed by atoms with Crippen LogP contribution in [0.15, 0.2) is 24.3 Å². The lowest BCUT2D eigenvalue weighted by Gasteiger charge is -2.29. The van der Waals surface area contributed by atoms with Crippen molar-refractivity contribution >= 4 is 40.1 Å². The second kappa shape index (κ2) is 10.7. The maximum absolute atomic E-state index is 13.3. The predicted molar refractivity (Wildman–Crippen MR) is 146 cm³/mol. The van der Waals surface area contributed by atoms with Crippen LogP contribution in [0.2, 0.25) is 0 Å². The first kappa shape index (κ1) is 26.2. The van der Waals surface area contributed by atoms with Crippen LogP contribution >= 0.6 is 11.3 Å². The Labute approximate surface area is 225 Å². The van der Waals surface area contributed by atoms with Gasteiger partial charge in [-0.25, -0.2) is 9.78 Å². The van der Waals surface area contributed by atoms with Crippen molar-refractivity contribution in [3.8, 4) is 0 Å². The van der Waals surface area contributed by atoms with E-state index < -0.39 is 18.2 Å². The smallest absolute Gasteiger partial charge is 0.409 e. The minimum absolute atomic E-state index is 0.229. The maximum atomic E-state index is 13.3. The van der Waals surface area contributed by atoms with E-state index in [4.69, 9.17) is 4.74 Å². The summed E-state index contributed by atoms with van der Waals surface area (Å²) in [5.74, 6) is -0.594. The molecule has 5 rings (SSSR count). The number of amides is 3. The fourth-order valence-corrected chi connectivity index (χ4v) is 6.10. The Balaban J connectivity index is 1.31. The standard InChI is InChI=1S/C27H34N6O4S/c1-5-37-27(36)33-12-21(29-24(34)20-11-17-10-16(4)6-7-18(17)28-20)22(13-33)30-25(35)26-31-19-8-9-32(15(2)3)14-23(19)38-26/h6-7,10-11,15,21-22,28H,5,8-9,12-14H2,1-4H3,(H,29,34)(H,30,35)/t21-,22-/m1/s1. The first-order valence-corrected chi connectivity index (χ1v) is 13.9. The van der Waals surface area contributed by atoms with E-state index in [9.17, 15) is 14.4 Å².